The quantitative estimate of drug-likeness (QED) is 0.337. The Hall–Kier alpha value is -2.30. The fraction of sp³-hybridized carbons (Fsp3) is 0.367. The highest BCUT2D eigenvalue weighted by Crippen LogP contribution is 2.46. The fourth-order valence-corrected chi connectivity index (χ4v) is 7.41. The molecule has 0 spiro atoms. The van der Waals surface area contributed by atoms with Crippen molar-refractivity contribution in [3.63, 3.8) is 0 Å². The van der Waals surface area contributed by atoms with E-state index in [-0.39, 0.29) is 0 Å². The van der Waals surface area contributed by atoms with Gasteiger partial charge in [0.25, 0.3) is 5.01 Å². The van der Waals surface area contributed by atoms with Crippen molar-refractivity contribution in [2.45, 2.75) is 65.8 Å². The maximum Gasteiger partial charge on any atom is 0.262 e. The molecule has 0 bridgehead atoms. The lowest BCUT2D eigenvalue weighted by molar-refractivity contribution is -0.692. The monoisotopic (exact) mass is 489 g/mol. The second-order valence-corrected chi connectivity index (χ2v) is 10.8. The van der Waals surface area contributed by atoms with E-state index in [0.717, 1.165) is 32.4 Å². The number of likely N-dealkylation sites (N-methyl/N-ethyl adjacent to an activating group) is 1. The molecule has 3 aliphatic rings. The Morgan fingerprint density at radius 3 is 2.56 bits per heavy atom. The number of thioether (sulfide) groups is 1. The molecule has 0 aromatic carbocycles. The molecular formula is C30H37N2S2+. The third kappa shape index (κ3) is 4.89. The average Bonchev–Trinajstić information content (AvgIpc) is 3.42. The van der Waals surface area contributed by atoms with Gasteiger partial charge in [0.2, 0.25) is 5.69 Å². The van der Waals surface area contributed by atoms with Crippen molar-refractivity contribution in [3.05, 3.63) is 91.5 Å². The van der Waals surface area contributed by atoms with E-state index in [1.165, 1.54) is 67.2 Å². The van der Waals surface area contributed by atoms with Crippen LogP contribution in [-0.2, 0) is 6.54 Å². The van der Waals surface area contributed by atoms with Gasteiger partial charge in [0.05, 0.1) is 10.7 Å². The number of fused-ring (bicyclic) bond motifs is 1. The minimum absolute atomic E-state index is 0.933. The van der Waals surface area contributed by atoms with Crippen molar-refractivity contribution in [3.8, 4) is 0 Å². The zero-order chi connectivity index (χ0) is 24.1. The zero-order valence-corrected chi connectivity index (χ0v) is 22.5. The first kappa shape index (κ1) is 24.8. The van der Waals surface area contributed by atoms with Gasteiger partial charge in [-0.2, -0.15) is 4.57 Å². The summed E-state index contributed by atoms with van der Waals surface area (Å²) >= 11 is 3.73. The minimum Gasteiger partial charge on any atom is -0.336 e. The van der Waals surface area contributed by atoms with Crippen LogP contribution in [0.2, 0.25) is 0 Å². The van der Waals surface area contributed by atoms with Crippen LogP contribution in [0.1, 0.15) is 74.9 Å². The standard InChI is InChI=1S/C30H37N2S2/c1-6-24-22(18-20-29-31(9-4)25(7-2)27(8-3)33-29)14-13-15-23(24)19-21-30-32(10-5)26-16-11-12-17-28(26)34-30/h7-8,16-21H,2-3,6,9-15H2,1,4-5H3/q+1. The van der Waals surface area contributed by atoms with Gasteiger partial charge in [0.1, 0.15) is 11.4 Å². The summed E-state index contributed by atoms with van der Waals surface area (Å²) in [6.45, 7) is 16.7. The molecule has 2 aliphatic carbocycles. The number of nitrogens with zero attached hydrogens (tertiary/aromatic N) is 2. The first-order chi connectivity index (χ1) is 16.6. The van der Waals surface area contributed by atoms with Crippen LogP contribution in [0.25, 0.3) is 18.2 Å². The number of thiazole rings is 1. The Kier molecular flexibility index (Phi) is 8.33. The second kappa shape index (κ2) is 11.4. The SMILES string of the molecule is C=Cc1sc(/C=C/C2=C(CC)C(=C/C=C3\SC4=CCCC=C4N3CC)/CCC2)[n+](CC)c1C=C. The van der Waals surface area contributed by atoms with Gasteiger partial charge in [0.15, 0.2) is 0 Å². The third-order valence-corrected chi connectivity index (χ3v) is 9.09. The molecule has 0 saturated carbocycles. The highest BCUT2D eigenvalue weighted by Gasteiger charge is 2.27. The summed E-state index contributed by atoms with van der Waals surface area (Å²) in [5, 5.41) is 2.63. The van der Waals surface area contributed by atoms with Gasteiger partial charge < -0.3 is 4.90 Å². The molecule has 34 heavy (non-hydrogen) atoms. The molecule has 1 saturated heterocycles. The molecule has 0 amide bonds. The Balaban J connectivity index is 1.64. The molecule has 1 aromatic rings. The molecule has 1 aliphatic heterocycles. The van der Waals surface area contributed by atoms with Crippen molar-refractivity contribution >= 4 is 41.3 Å². The number of hydrogen-bond acceptors (Lipinski definition) is 3. The van der Waals surface area contributed by atoms with Crippen LogP contribution in [0.5, 0.6) is 0 Å². The Morgan fingerprint density at radius 2 is 1.85 bits per heavy atom. The summed E-state index contributed by atoms with van der Waals surface area (Å²) in [5.74, 6) is 0. The van der Waals surface area contributed by atoms with Gasteiger partial charge in [-0.15, -0.1) is 0 Å². The Morgan fingerprint density at radius 1 is 1.03 bits per heavy atom. The smallest absolute Gasteiger partial charge is 0.262 e. The van der Waals surface area contributed by atoms with E-state index in [2.05, 4.69) is 79.9 Å². The molecule has 1 aromatic heterocycles. The van der Waals surface area contributed by atoms with Crippen LogP contribution in [-0.4, -0.2) is 11.4 Å². The third-order valence-electron chi connectivity index (χ3n) is 6.77. The van der Waals surface area contributed by atoms with E-state index in [1.807, 2.05) is 23.9 Å². The van der Waals surface area contributed by atoms with Crippen molar-refractivity contribution in [2.24, 2.45) is 0 Å². The molecule has 178 valence electrons. The topological polar surface area (TPSA) is 7.12 Å². The molecule has 2 nitrogen and oxygen atoms in total. The lowest BCUT2D eigenvalue weighted by Crippen LogP contribution is -2.36. The highest BCUT2D eigenvalue weighted by atomic mass is 32.2. The van der Waals surface area contributed by atoms with Gasteiger partial charge in [-0.3, -0.25) is 0 Å². The minimum atomic E-state index is 0.933. The van der Waals surface area contributed by atoms with Crippen LogP contribution in [0.3, 0.4) is 0 Å². The molecule has 0 N–H and O–H groups in total. The summed E-state index contributed by atoms with van der Waals surface area (Å²) in [7, 11) is 0. The molecule has 2 heterocycles. The van der Waals surface area contributed by atoms with Crippen LogP contribution in [0, 0.1) is 0 Å². The van der Waals surface area contributed by atoms with Crippen LogP contribution in [0.4, 0.5) is 0 Å². The fourth-order valence-electron chi connectivity index (χ4n) is 5.14. The van der Waals surface area contributed by atoms with Gasteiger partial charge in [-0.1, -0.05) is 67.5 Å². The van der Waals surface area contributed by atoms with E-state index in [0.29, 0.717) is 0 Å². The molecule has 1 fully saturated rings. The van der Waals surface area contributed by atoms with E-state index in [4.69, 9.17) is 0 Å². The Labute approximate surface area is 214 Å². The first-order valence-electron chi connectivity index (χ1n) is 12.6. The van der Waals surface area contributed by atoms with Crippen LogP contribution in [0.15, 0.2) is 75.9 Å². The predicted molar refractivity (Wildman–Crippen MR) is 152 cm³/mol. The summed E-state index contributed by atoms with van der Waals surface area (Å²) in [5.41, 5.74) is 7.10. The first-order valence-corrected chi connectivity index (χ1v) is 14.3. The normalized spacial score (nSPS) is 20.9. The van der Waals surface area contributed by atoms with Crippen LogP contribution < -0.4 is 4.57 Å². The van der Waals surface area contributed by atoms with E-state index < -0.39 is 0 Å². The van der Waals surface area contributed by atoms with E-state index in [9.17, 15) is 0 Å². The molecule has 0 radical (unpaired) electrons. The van der Waals surface area contributed by atoms with Crippen molar-refractivity contribution in [1.29, 1.82) is 0 Å². The predicted octanol–water partition coefficient (Wildman–Crippen LogP) is 8.64. The lowest BCUT2D eigenvalue weighted by Gasteiger charge is -2.21. The lowest BCUT2D eigenvalue weighted by atomic mass is 9.85. The van der Waals surface area contributed by atoms with Gasteiger partial charge in [-0.05, 0) is 81.2 Å². The summed E-state index contributed by atoms with van der Waals surface area (Å²) in [6, 6.07) is 0. The number of rotatable bonds is 8. The zero-order valence-electron chi connectivity index (χ0n) is 20.9. The highest BCUT2D eigenvalue weighted by molar-refractivity contribution is 8.07. The van der Waals surface area contributed by atoms with Crippen molar-refractivity contribution in [1.82, 2.24) is 4.90 Å². The largest absolute Gasteiger partial charge is 0.336 e. The van der Waals surface area contributed by atoms with Gasteiger partial charge in [-0.25, -0.2) is 0 Å². The van der Waals surface area contributed by atoms with Gasteiger partial charge in [0, 0.05) is 23.6 Å². The molecule has 4 heteroatoms. The van der Waals surface area contributed by atoms with Crippen molar-refractivity contribution in [2.75, 3.05) is 6.54 Å². The maximum absolute atomic E-state index is 4.01. The molecule has 0 atom stereocenters. The number of allylic oxidation sites excluding steroid dienone is 8. The summed E-state index contributed by atoms with van der Waals surface area (Å²) < 4.78 is 2.33. The van der Waals surface area contributed by atoms with Crippen molar-refractivity contribution < 1.29 is 4.57 Å². The number of aromatic nitrogens is 1. The van der Waals surface area contributed by atoms with E-state index in [1.54, 1.807) is 11.3 Å². The van der Waals surface area contributed by atoms with Crippen LogP contribution >= 0.6 is 23.1 Å². The molecule has 0 unspecified atom stereocenters. The molecule has 4 rings (SSSR count). The second-order valence-electron chi connectivity index (χ2n) is 8.66. The maximum atomic E-state index is 4.01. The molecular weight excluding hydrogens is 452 g/mol. The summed E-state index contributed by atoms with van der Waals surface area (Å²) in [4.78, 5) is 5.10. The summed E-state index contributed by atoms with van der Waals surface area (Å²) in [6.07, 6.45) is 25.1. The average molecular weight is 490 g/mol. The number of hydrogen-bond donors (Lipinski definition) is 0. The van der Waals surface area contributed by atoms with E-state index >= 15 is 0 Å². The Bertz CT molecular complexity index is 1150. The van der Waals surface area contributed by atoms with Gasteiger partial charge >= 0.3 is 0 Å².